The minimum Gasteiger partial charge on any atom is -0.441 e. The Hall–Kier alpha value is -8.71. The molecular weight excluding hydrogens is 1540 g/mol. The highest BCUT2D eigenvalue weighted by Crippen LogP contribution is 2.36. The zero-order valence-electron chi connectivity index (χ0n) is 61.4. The summed E-state index contributed by atoms with van der Waals surface area (Å²) in [6.07, 6.45) is -37.2. The van der Waals surface area contributed by atoms with Gasteiger partial charge in [0.05, 0.1) is 80.3 Å². The molecule has 47 heteroatoms. The SMILES string of the molecule is Cc1c(N)nc([C@H](CC(N)=O)NC[C@H](N)C(N)=O)nc1C(=O)N[C@H](C(=O)N[C@H](C)[C@@H](O)CC(=O)N[C@H](C(=O)NC(OC1OC(C)C(N)C(O)C1O)C(O)c1nc(-c2nc(C(=O)NCCCNC(C)c3ccccc3)cs2)cs1)[C@@H](C)O)[C@@H](OC1OC(CO)C(O)C(O)C1OC1OC(CO)C(O)C(OC(N)=O)C1O)c1cnc[nH]1. The second-order valence-electron chi connectivity index (χ2n) is 26.9. The smallest absolute Gasteiger partial charge is 0.404 e. The number of nitrogens with two attached hydrogens (primary N) is 6. The number of benzene rings is 1. The van der Waals surface area contributed by atoms with Crippen molar-refractivity contribution in [3.8, 4) is 10.7 Å². The van der Waals surface area contributed by atoms with Crippen LogP contribution < -0.4 is 71.6 Å². The van der Waals surface area contributed by atoms with Crippen LogP contribution in [0.25, 0.3) is 10.7 Å². The molecule has 0 radical (unpaired) electrons. The largest absolute Gasteiger partial charge is 0.441 e. The fraction of sp³-hybridized carbons (Fsp3) is 0.591. The topological polar surface area (TPSA) is 744 Å². The first-order valence-electron chi connectivity index (χ1n) is 35.4. The zero-order chi connectivity index (χ0) is 83.0. The number of hydrogen-bond donors (Lipinski definition) is 25. The lowest BCUT2D eigenvalue weighted by Crippen LogP contribution is -2.65. The van der Waals surface area contributed by atoms with Crippen molar-refractivity contribution in [3.05, 3.63) is 92.7 Å². The second kappa shape index (κ2) is 41.0. The molecule has 1 aromatic carbocycles. The van der Waals surface area contributed by atoms with Gasteiger partial charge >= 0.3 is 6.09 Å². The maximum absolute atomic E-state index is 15.3. The number of primary amides is 3. The van der Waals surface area contributed by atoms with Crippen LogP contribution >= 0.6 is 22.7 Å². The van der Waals surface area contributed by atoms with Gasteiger partial charge in [-0.3, -0.25) is 33.6 Å². The number of nitrogen functional groups attached to an aromatic ring is 1. The molecule has 8 rings (SSSR count). The molecule has 0 aliphatic carbocycles. The van der Waals surface area contributed by atoms with E-state index in [1.165, 1.54) is 24.6 Å². The molecular formula is C66H97N19O26S2. The lowest BCUT2D eigenvalue weighted by atomic mass is 9.97. The van der Waals surface area contributed by atoms with Crippen LogP contribution in [0.3, 0.4) is 0 Å². The Labute approximate surface area is 651 Å². The van der Waals surface area contributed by atoms with Crippen molar-refractivity contribution in [2.24, 2.45) is 28.7 Å². The predicted molar refractivity (Wildman–Crippen MR) is 389 cm³/mol. The van der Waals surface area contributed by atoms with E-state index in [2.05, 4.69) is 67.1 Å². The Balaban J connectivity index is 1.04. The van der Waals surface area contributed by atoms with Gasteiger partial charge in [0.25, 0.3) is 11.8 Å². The van der Waals surface area contributed by atoms with E-state index in [9.17, 15) is 84.9 Å². The molecule has 4 aromatic heterocycles. The number of rotatable bonds is 39. The van der Waals surface area contributed by atoms with Gasteiger partial charge in [0.2, 0.25) is 29.5 Å². The predicted octanol–water partition coefficient (Wildman–Crippen LogP) is -8.85. The van der Waals surface area contributed by atoms with Gasteiger partial charge in [0, 0.05) is 41.9 Å². The summed E-state index contributed by atoms with van der Waals surface area (Å²) in [6, 6.07) is 0.231. The first kappa shape index (κ1) is 89.8. The lowest BCUT2D eigenvalue weighted by molar-refractivity contribution is -0.372. The number of aliphatic hydroxyl groups is 11. The fourth-order valence-corrected chi connectivity index (χ4v) is 13.5. The van der Waals surface area contributed by atoms with Gasteiger partial charge in [-0.2, -0.15) is 0 Å². The first-order chi connectivity index (χ1) is 53.5. The fourth-order valence-electron chi connectivity index (χ4n) is 11.9. The Bertz CT molecular complexity index is 3990. The third-order valence-electron chi connectivity index (χ3n) is 18.6. The van der Waals surface area contributed by atoms with Crippen molar-refractivity contribution in [2.45, 2.75) is 213 Å². The third-order valence-corrected chi connectivity index (χ3v) is 20.3. The number of anilines is 1. The summed E-state index contributed by atoms with van der Waals surface area (Å²) in [5.41, 5.74) is 34.6. The molecule has 0 bridgehead atoms. The van der Waals surface area contributed by atoms with Crippen molar-refractivity contribution in [1.82, 2.24) is 67.1 Å². The van der Waals surface area contributed by atoms with Gasteiger partial charge in [-0.15, -0.1) is 22.7 Å². The number of aliphatic hydroxyl groups excluding tert-OH is 11. The Kier molecular flexibility index (Phi) is 32.6. The average Bonchev–Trinajstić information content (AvgIpc) is 1.58. The van der Waals surface area contributed by atoms with Crippen molar-refractivity contribution in [3.63, 3.8) is 0 Å². The number of hydrogen-bond acceptors (Lipinski definition) is 38. The van der Waals surface area contributed by atoms with Crippen molar-refractivity contribution < 1.29 is 128 Å². The number of carbonyl (C=O) groups excluding carboxylic acids is 8. The van der Waals surface area contributed by atoms with Crippen molar-refractivity contribution >= 4 is 75.9 Å². The van der Waals surface area contributed by atoms with Gasteiger partial charge in [0.1, 0.15) is 112 Å². The summed E-state index contributed by atoms with van der Waals surface area (Å²) in [4.78, 5) is 132. The monoisotopic (exact) mass is 1640 g/mol. The number of aromatic amines is 1. The van der Waals surface area contributed by atoms with Crippen LogP contribution in [-0.4, -0.2) is 301 Å². The minimum atomic E-state index is -2.26. The molecule has 18 unspecified atom stereocenters. The van der Waals surface area contributed by atoms with Gasteiger partial charge < -0.3 is 166 Å². The van der Waals surface area contributed by atoms with Gasteiger partial charge in [-0.25, -0.2) is 29.7 Å². The standard InChI is InChI=1S/C66H97N19O26S2/c1-23-40(82-55(84-53(23)70)30(14-37(68)90)76-16-29(67)54(71)99)57(101)83-42(50(31-17-73-22-77-31)108-65-52(46(95)43(92)35(18-86)107-65)109-64-48(97)51(110-66(72)104)44(93)36(19-87)106-64)59(103)78-25(3)34(89)15-38(91)81-41(26(4)88)58(102)85-60(111-63-47(96)45(94)39(69)27(5)105-63)49(98)62-80-33(21-113-62)61-79-32(20-112-61)56(100)75-13-9-12-74-24(2)28-10-7-6-8-11-28/h6-8,10-11,17,20-22,24-27,29-30,34-36,39,41-52,60,63-65,74,76,86-89,92-98H,9,12-16,18-19,67,69H2,1-5H3,(H2,68,90)(H2,71,99)(H2,72,104)(H,73,77)(H,75,100)(H,78,103)(H,81,91)(H,83,101)(H,85,102)(H2,70,82,84)/t24?,25-,26-,27?,29+,30+,34+,35?,36?,39?,41+,42+,43?,44?,45?,46?,47?,48?,49?,50+,51?,52?,60?,63?,64?,65?/m1/s1. The maximum atomic E-state index is 15.3. The molecule has 5 aromatic rings. The molecule has 45 nitrogen and oxygen atoms in total. The molecule has 7 heterocycles. The summed E-state index contributed by atoms with van der Waals surface area (Å²) >= 11 is 1.90. The normalized spacial score (nSPS) is 26.8. The van der Waals surface area contributed by atoms with E-state index in [0.717, 1.165) is 54.6 Å². The van der Waals surface area contributed by atoms with Crippen LogP contribution in [0.15, 0.2) is 53.6 Å². The second-order valence-corrected chi connectivity index (χ2v) is 28.7. The lowest BCUT2D eigenvalue weighted by Gasteiger charge is -2.47. The van der Waals surface area contributed by atoms with Crippen LogP contribution in [0.1, 0.15) is 120 Å². The highest BCUT2D eigenvalue weighted by molar-refractivity contribution is 7.14. The molecule has 26 atom stereocenters. The van der Waals surface area contributed by atoms with E-state index in [1.807, 2.05) is 37.3 Å². The van der Waals surface area contributed by atoms with Gasteiger partial charge in [-0.1, -0.05) is 30.3 Å². The zero-order valence-corrected chi connectivity index (χ0v) is 63.1. The summed E-state index contributed by atoms with van der Waals surface area (Å²) in [5.74, 6) is -8.30. The number of amides is 8. The van der Waals surface area contributed by atoms with Crippen LogP contribution in [0, 0.1) is 6.92 Å². The minimum absolute atomic E-state index is 0.0726. The van der Waals surface area contributed by atoms with Crippen molar-refractivity contribution in [2.75, 3.05) is 38.6 Å². The molecule has 3 fully saturated rings. The number of imidazole rings is 1. The molecule has 3 aliphatic rings. The van der Waals surface area contributed by atoms with Crippen LogP contribution in [-0.2, 0) is 57.1 Å². The van der Waals surface area contributed by atoms with E-state index >= 15 is 9.59 Å². The Morgan fingerprint density at radius 1 is 0.708 bits per heavy atom. The van der Waals surface area contributed by atoms with Crippen LogP contribution in [0.4, 0.5) is 10.6 Å². The maximum Gasteiger partial charge on any atom is 0.404 e. The summed E-state index contributed by atoms with van der Waals surface area (Å²) in [5, 5.41) is 144. The summed E-state index contributed by atoms with van der Waals surface area (Å²) in [6.45, 7) is 5.44. The van der Waals surface area contributed by atoms with Crippen molar-refractivity contribution in [1.29, 1.82) is 0 Å². The Morgan fingerprint density at radius 2 is 1.39 bits per heavy atom. The number of aromatic nitrogens is 6. The number of thiazole rings is 2. The molecule has 113 heavy (non-hydrogen) atoms. The molecule has 3 aliphatic heterocycles. The van der Waals surface area contributed by atoms with E-state index in [0.29, 0.717) is 19.5 Å². The van der Waals surface area contributed by atoms with Gasteiger partial charge in [-0.05, 0) is 53.1 Å². The highest BCUT2D eigenvalue weighted by atomic mass is 32.1. The Morgan fingerprint density at radius 3 is 2.04 bits per heavy atom. The van der Waals surface area contributed by atoms with E-state index in [1.54, 1.807) is 0 Å². The van der Waals surface area contributed by atoms with E-state index in [4.69, 9.17) is 67.6 Å². The van der Waals surface area contributed by atoms with E-state index < -0.39 is 250 Å². The third kappa shape index (κ3) is 23.3. The molecule has 624 valence electrons. The molecule has 0 saturated carbocycles. The number of H-pyrrole nitrogens is 1. The molecule has 0 spiro atoms. The van der Waals surface area contributed by atoms with Crippen LogP contribution in [0.2, 0.25) is 0 Å². The number of ether oxygens (including phenoxy) is 7. The number of nitrogens with one attached hydrogen (secondary N) is 8. The highest BCUT2D eigenvalue weighted by Gasteiger charge is 2.54. The average molecular weight is 1640 g/mol. The first-order valence-corrected chi connectivity index (χ1v) is 37.1. The summed E-state index contributed by atoms with van der Waals surface area (Å²) < 4.78 is 40.5. The van der Waals surface area contributed by atoms with Gasteiger partial charge in [0.15, 0.2) is 37.3 Å². The molecule has 8 amide bonds. The molecule has 3 saturated heterocycles. The van der Waals surface area contributed by atoms with E-state index in [-0.39, 0.29) is 38.7 Å². The quantitative estimate of drug-likeness (QED) is 0.0128. The van der Waals surface area contributed by atoms with Crippen LogP contribution in [0.5, 0.6) is 0 Å². The number of nitrogens with zero attached hydrogens (tertiary/aromatic N) is 5. The number of carbonyl (C=O) groups is 8. The molecule has 31 N–H and O–H groups in total. The summed E-state index contributed by atoms with van der Waals surface area (Å²) in [7, 11) is 0.